The molecule has 1 aromatic carbocycles. The van der Waals surface area contributed by atoms with Crippen molar-refractivity contribution in [2.24, 2.45) is 0 Å². The van der Waals surface area contributed by atoms with E-state index in [2.05, 4.69) is 15.5 Å². The van der Waals surface area contributed by atoms with E-state index < -0.39 is 23.1 Å². The summed E-state index contributed by atoms with van der Waals surface area (Å²) in [6.07, 6.45) is 1.29. The van der Waals surface area contributed by atoms with Gasteiger partial charge in [0.2, 0.25) is 5.13 Å². The van der Waals surface area contributed by atoms with Crippen LogP contribution in [0.3, 0.4) is 0 Å². The first-order valence-corrected chi connectivity index (χ1v) is 7.60. The minimum absolute atomic E-state index is 0.184. The number of aromatic nitrogens is 3. The molecule has 0 saturated carbocycles. The normalized spacial score (nSPS) is 10.6. The highest BCUT2D eigenvalue weighted by atomic mass is 32.1. The minimum Gasteiger partial charge on any atom is -0.296 e. The van der Waals surface area contributed by atoms with Gasteiger partial charge in [0.15, 0.2) is 0 Å². The highest BCUT2D eigenvalue weighted by molar-refractivity contribution is 7.13. The number of anilines is 1. The molecule has 0 atom stereocenters. The van der Waals surface area contributed by atoms with Crippen LogP contribution in [0.5, 0.6) is 0 Å². The van der Waals surface area contributed by atoms with E-state index in [9.17, 15) is 18.4 Å². The fourth-order valence-corrected chi connectivity index (χ4v) is 2.59. The maximum absolute atomic E-state index is 13.9. The summed E-state index contributed by atoms with van der Waals surface area (Å²) >= 11 is 1.09. The van der Waals surface area contributed by atoms with Crippen LogP contribution in [-0.2, 0) is 0 Å². The zero-order chi connectivity index (χ0) is 17.3. The van der Waals surface area contributed by atoms with Crippen molar-refractivity contribution in [3.63, 3.8) is 0 Å². The Morgan fingerprint density at radius 1 is 1.29 bits per heavy atom. The number of carbonyl (C=O) groups is 1. The summed E-state index contributed by atoms with van der Waals surface area (Å²) in [5, 5.41) is 9.92. The SMILES string of the molecule is Cc1ccn(-c2cc(F)ccc2F)c(=O)c1C(=O)Nc1nncs1. The van der Waals surface area contributed by atoms with Gasteiger partial charge in [-0.05, 0) is 30.7 Å². The molecule has 24 heavy (non-hydrogen) atoms. The summed E-state index contributed by atoms with van der Waals surface area (Å²) in [7, 11) is 0. The van der Waals surface area contributed by atoms with Crippen molar-refractivity contribution in [3.05, 3.63) is 69.1 Å². The number of aryl methyl sites for hydroxylation is 1. The number of halogens is 2. The smallest absolute Gasteiger partial charge is 0.268 e. The van der Waals surface area contributed by atoms with Crippen LogP contribution >= 0.6 is 11.3 Å². The van der Waals surface area contributed by atoms with E-state index in [0.717, 1.165) is 34.1 Å². The van der Waals surface area contributed by atoms with E-state index in [-0.39, 0.29) is 16.4 Å². The van der Waals surface area contributed by atoms with Crippen LogP contribution in [0.25, 0.3) is 5.69 Å². The molecule has 0 radical (unpaired) electrons. The summed E-state index contributed by atoms with van der Waals surface area (Å²) in [4.78, 5) is 24.9. The van der Waals surface area contributed by atoms with Crippen molar-refractivity contribution in [1.82, 2.24) is 14.8 Å². The molecule has 0 fully saturated rings. The number of hydrogen-bond acceptors (Lipinski definition) is 5. The number of nitrogens with one attached hydrogen (secondary N) is 1. The Balaban J connectivity index is 2.10. The molecule has 0 saturated heterocycles. The Morgan fingerprint density at radius 3 is 2.79 bits per heavy atom. The predicted molar refractivity (Wildman–Crippen MR) is 84.6 cm³/mol. The number of amides is 1. The summed E-state index contributed by atoms with van der Waals surface area (Å²) in [6, 6.07) is 4.22. The number of pyridine rings is 1. The quantitative estimate of drug-likeness (QED) is 0.789. The molecular weight excluding hydrogens is 338 g/mol. The van der Waals surface area contributed by atoms with Crippen LogP contribution in [-0.4, -0.2) is 20.7 Å². The van der Waals surface area contributed by atoms with Crippen molar-refractivity contribution in [2.45, 2.75) is 6.92 Å². The van der Waals surface area contributed by atoms with Gasteiger partial charge in [0.1, 0.15) is 22.7 Å². The fourth-order valence-electron chi connectivity index (χ4n) is 2.15. The number of hydrogen-bond donors (Lipinski definition) is 1. The predicted octanol–water partition coefficient (Wildman–Crippen LogP) is 2.53. The van der Waals surface area contributed by atoms with Crippen LogP contribution < -0.4 is 10.9 Å². The highest BCUT2D eigenvalue weighted by Gasteiger charge is 2.19. The molecule has 1 N–H and O–H groups in total. The van der Waals surface area contributed by atoms with E-state index in [1.165, 1.54) is 17.8 Å². The van der Waals surface area contributed by atoms with Gasteiger partial charge in [-0.1, -0.05) is 11.3 Å². The summed E-state index contributed by atoms with van der Waals surface area (Å²) < 4.78 is 28.2. The standard InChI is InChI=1S/C15H10F2N4O2S/c1-8-4-5-21(11-6-9(16)2-3-10(11)17)14(23)12(8)13(22)19-15-20-18-7-24-15/h2-7H,1H3,(H,19,20,22). The van der Waals surface area contributed by atoms with Gasteiger partial charge >= 0.3 is 0 Å². The number of carbonyl (C=O) groups excluding carboxylic acids is 1. The maximum Gasteiger partial charge on any atom is 0.268 e. The Morgan fingerprint density at radius 2 is 2.08 bits per heavy atom. The van der Waals surface area contributed by atoms with Crippen molar-refractivity contribution in [3.8, 4) is 5.69 Å². The lowest BCUT2D eigenvalue weighted by atomic mass is 10.1. The monoisotopic (exact) mass is 348 g/mol. The third-order valence-electron chi connectivity index (χ3n) is 3.28. The molecular formula is C15H10F2N4O2S. The van der Waals surface area contributed by atoms with Crippen LogP contribution in [0.2, 0.25) is 0 Å². The average molecular weight is 348 g/mol. The molecule has 2 heterocycles. The highest BCUT2D eigenvalue weighted by Crippen LogP contribution is 2.16. The zero-order valence-corrected chi connectivity index (χ0v) is 13.1. The second kappa shape index (κ2) is 6.28. The van der Waals surface area contributed by atoms with Crippen molar-refractivity contribution in [2.75, 3.05) is 5.32 Å². The van der Waals surface area contributed by atoms with Gasteiger partial charge in [0.05, 0.1) is 5.69 Å². The first-order chi connectivity index (χ1) is 11.5. The van der Waals surface area contributed by atoms with Crippen molar-refractivity contribution in [1.29, 1.82) is 0 Å². The van der Waals surface area contributed by atoms with Gasteiger partial charge in [-0.25, -0.2) is 8.78 Å². The van der Waals surface area contributed by atoms with Gasteiger partial charge in [0.25, 0.3) is 11.5 Å². The Labute approximate surface area is 138 Å². The number of rotatable bonds is 3. The van der Waals surface area contributed by atoms with Gasteiger partial charge in [0, 0.05) is 12.3 Å². The third kappa shape index (κ3) is 2.93. The zero-order valence-electron chi connectivity index (χ0n) is 12.3. The third-order valence-corrected chi connectivity index (χ3v) is 3.88. The molecule has 0 unspecified atom stereocenters. The maximum atomic E-state index is 13.9. The molecule has 0 aliphatic carbocycles. The second-order valence-electron chi connectivity index (χ2n) is 4.84. The van der Waals surface area contributed by atoms with Crippen LogP contribution in [0, 0.1) is 18.6 Å². The molecule has 122 valence electrons. The largest absolute Gasteiger partial charge is 0.296 e. The van der Waals surface area contributed by atoms with E-state index in [4.69, 9.17) is 0 Å². The molecule has 0 aliphatic rings. The van der Waals surface area contributed by atoms with Crippen molar-refractivity contribution >= 4 is 22.4 Å². The van der Waals surface area contributed by atoms with Crippen LogP contribution in [0.4, 0.5) is 13.9 Å². The summed E-state index contributed by atoms with van der Waals surface area (Å²) in [5.41, 5.74) is 0.603. The lowest BCUT2D eigenvalue weighted by molar-refractivity contribution is 0.102. The van der Waals surface area contributed by atoms with Crippen LogP contribution in [0.15, 0.2) is 40.8 Å². The first kappa shape index (κ1) is 15.9. The lowest BCUT2D eigenvalue weighted by Gasteiger charge is -2.11. The van der Waals surface area contributed by atoms with Gasteiger partial charge < -0.3 is 0 Å². The summed E-state index contributed by atoms with van der Waals surface area (Å²) in [6.45, 7) is 1.57. The lowest BCUT2D eigenvalue weighted by Crippen LogP contribution is -2.29. The minimum atomic E-state index is -0.780. The van der Waals surface area contributed by atoms with Gasteiger partial charge in [-0.15, -0.1) is 10.2 Å². The Hall–Kier alpha value is -2.94. The van der Waals surface area contributed by atoms with Gasteiger partial charge in [-0.3, -0.25) is 19.5 Å². The number of benzene rings is 1. The Kier molecular flexibility index (Phi) is 4.17. The topological polar surface area (TPSA) is 76.9 Å². The van der Waals surface area contributed by atoms with Crippen LogP contribution in [0.1, 0.15) is 15.9 Å². The van der Waals surface area contributed by atoms with E-state index >= 15 is 0 Å². The van der Waals surface area contributed by atoms with E-state index in [1.807, 2.05) is 0 Å². The molecule has 3 rings (SSSR count). The van der Waals surface area contributed by atoms with Gasteiger partial charge in [-0.2, -0.15) is 0 Å². The molecule has 6 nitrogen and oxygen atoms in total. The average Bonchev–Trinajstić information content (AvgIpc) is 3.03. The summed E-state index contributed by atoms with van der Waals surface area (Å²) in [5.74, 6) is -2.17. The van der Waals surface area contributed by atoms with Crippen molar-refractivity contribution < 1.29 is 13.6 Å². The van der Waals surface area contributed by atoms with E-state index in [0.29, 0.717) is 5.56 Å². The molecule has 9 heteroatoms. The number of nitrogens with zero attached hydrogens (tertiary/aromatic N) is 3. The molecule has 0 bridgehead atoms. The van der Waals surface area contributed by atoms with E-state index in [1.54, 1.807) is 6.92 Å². The second-order valence-corrected chi connectivity index (χ2v) is 5.68. The molecule has 3 aromatic rings. The fraction of sp³-hybridized carbons (Fsp3) is 0.0667. The molecule has 2 aromatic heterocycles. The molecule has 0 spiro atoms. The first-order valence-electron chi connectivity index (χ1n) is 6.72. The molecule has 0 aliphatic heterocycles. The Bertz CT molecular complexity index is 970. The molecule has 1 amide bonds.